The van der Waals surface area contributed by atoms with Crippen LogP contribution in [0.2, 0.25) is 0 Å². The Kier molecular flexibility index (Phi) is 3.87. The Morgan fingerprint density at radius 2 is 2.17 bits per heavy atom. The number of rotatable bonds is 5. The van der Waals surface area contributed by atoms with E-state index in [0.29, 0.717) is 0 Å². The predicted octanol–water partition coefficient (Wildman–Crippen LogP) is 3.26. The van der Waals surface area contributed by atoms with Crippen molar-refractivity contribution in [2.24, 2.45) is 5.16 Å². The summed E-state index contributed by atoms with van der Waals surface area (Å²) in [6, 6.07) is 8.05. The molecule has 1 aromatic heterocycles. The molecule has 2 aromatic rings. The Morgan fingerprint density at radius 3 is 2.83 bits per heavy atom. The number of nitrogens with zero attached hydrogens (tertiary/aromatic N) is 2. The highest BCUT2D eigenvalue weighted by Crippen LogP contribution is 2.31. The van der Waals surface area contributed by atoms with E-state index in [0.717, 1.165) is 41.7 Å². The summed E-state index contributed by atoms with van der Waals surface area (Å²) in [6.07, 6.45) is 3.65. The minimum atomic E-state index is 0.752. The lowest BCUT2D eigenvalue weighted by Gasteiger charge is -2.09. The first-order chi connectivity index (χ1) is 8.83. The third kappa shape index (κ3) is 2.06. The van der Waals surface area contributed by atoms with Crippen molar-refractivity contribution < 1.29 is 9.94 Å². The standard InChI is InChI=1S/C14H18N2O2/c1-3-4-9-16-13-8-6-5-7-11(13)12(10-15-17)14(16)18-2/h5-8,10,17H,3-4,9H2,1-2H3. The van der Waals surface area contributed by atoms with Gasteiger partial charge in [-0.15, -0.1) is 0 Å². The van der Waals surface area contributed by atoms with Gasteiger partial charge in [-0.3, -0.25) is 0 Å². The fourth-order valence-corrected chi connectivity index (χ4v) is 2.25. The molecule has 0 spiro atoms. The lowest BCUT2D eigenvalue weighted by atomic mass is 10.2. The average molecular weight is 246 g/mol. The zero-order valence-corrected chi connectivity index (χ0v) is 10.8. The molecular formula is C14H18N2O2. The molecule has 0 fully saturated rings. The number of aromatic nitrogens is 1. The SMILES string of the molecule is CCCCn1c(OC)c(C=NO)c2ccccc21. The van der Waals surface area contributed by atoms with Crippen LogP contribution in [-0.2, 0) is 6.54 Å². The van der Waals surface area contributed by atoms with Crippen molar-refractivity contribution in [3.63, 3.8) is 0 Å². The second-order valence-corrected chi connectivity index (χ2v) is 4.19. The van der Waals surface area contributed by atoms with Crippen LogP contribution in [0.5, 0.6) is 5.88 Å². The molecule has 1 N–H and O–H groups in total. The number of ether oxygens (including phenoxy) is 1. The monoisotopic (exact) mass is 246 g/mol. The van der Waals surface area contributed by atoms with Crippen LogP contribution in [0.4, 0.5) is 0 Å². The lowest BCUT2D eigenvalue weighted by Crippen LogP contribution is -2.01. The highest BCUT2D eigenvalue weighted by atomic mass is 16.5. The number of fused-ring (bicyclic) bond motifs is 1. The normalized spacial score (nSPS) is 11.4. The summed E-state index contributed by atoms with van der Waals surface area (Å²) in [7, 11) is 1.64. The topological polar surface area (TPSA) is 46.8 Å². The maximum Gasteiger partial charge on any atom is 0.203 e. The van der Waals surface area contributed by atoms with Crippen molar-refractivity contribution in [3.05, 3.63) is 29.8 Å². The van der Waals surface area contributed by atoms with Gasteiger partial charge in [0, 0.05) is 11.9 Å². The molecule has 0 atom stereocenters. The van der Waals surface area contributed by atoms with E-state index in [4.69, 9.17) is 9.94 Å². The zero-order valence-electron chi connectivity index (χ0n) is 10.8. The van der Waals surface area contributed by atoms with Gasteiger partial charge in [-0.1, -0.05) is 36.7 Å². The van der Waals surface area contributed by atoms with Crippen molar-refractivity contribution in [3.8, 4) is 5.88 Å². The summed E-state index contributed by atoms with van der Waals surface area (Å²) < 4.78 is 7.61. The molecule has 0 saturated heterocycles. The molecule has 0 aliphatic carbocycles. The van der Waals surface area contributed by atoms with Gasteiger partial charge in [0.15, 0.2) is 0 Å². The Hall–Kier alpha value is -1.97. The Morgan fingerprint density at radius 1 is 1.39 bits per heavy atom. The number of para-hydroxylation sites is 1. The first-order valence-corrected chi connectivity index (χ1v) is 6.16. The fourth-order valence-electron chi connectivity index (χ4n) is 2.25. The molecule has 0 aliphatic rings. The quantitative estimate of drug-likeness (QED) is 0.500. The molecule has 4 heteroatoms. The van der Waals surface area contributed by atoms with Crippen molar-refractivity contribution in [1.29, 1.82) is 0 Å². The second-order valence-electron chi connectivity index (χ2n) is 4.19. The number of aryl methyl sites for hydroxylation is 1. The molecule has 1 heterocycles. The van der Waals surface area contributed by atoms with Crippen LogP contribution < -0.4 is 4.74 Å². The van der Waals surface area contributed by atoms with Crippen LogP contribution in [0.3, 0.4) is 0 Å². The summed E-state index contributed by atoms with van der Waals surface area (Å²) in [5.74, 6) is 0.752. The molecule has 96 valence electrons. The van der Waals surface area contributed by atoms with Crippen molar-refractivity contribution >= 4 is 17.1 Å². The fraction of sp³-hybridized carbons (Fsp3) is 0.357. The number of methoxy groups -OCH3 is 1. The predicted molar refractivity (Wildman–Crippen MR) is 72.8 cm³/mol. The van der Waals surface area contributed by atoms with Gasteiger partial charge in [-0.2, -0.15) is 0 Å². The number of hydrogen-bond acceptors (Lipinski definition) is 3. The number of benzene rings is 1. The zero-order chi connectivity index (χ0) is 13.0. The lowest BCUT2D eigenvalue weighted by molar-refractivity contribution is 0.321. The van der Waals surface area contributed by atoms with Gasteiger partial charge in [0.05, 0.1) is 24.4 Å². The van der Waals surface area contributed by atoms with Gasteiger partial charge >= 0.3 is 0 Å². The summed E-state index contributed by atoms with van der Waals surface area (Å²) in [5, 5.41) is 13.0. The van der Waals surface area contributed by atoms with E-state index in [1.807, 2.05) is 18.2 Å². The van der Waals surface area contributed by atoms with E-state index < -0.39 is 0 Å². The van der Waals surface area contributed by atoms with Crippen molar-refractivity contribution in [1.82, 2.24) is 4.57 Å². The average Bonchev–Trinajstić information content (AvgIpc) is 2.71. The molecule has 1 aromatic carbocycles. The third-order valence-corrected chi connectivity index (χ3v) is 3.08. The second kappa shape index (κ2) is 5.58. The molecular weight excluding hydrogens is 228 g/mol. The van der Waals surface area contributed by atoms with Crippen LogP contribution in [0, 0.1) is 0 Å². The molecule has 0 aliphatic heterocycles. The van der Waals surface area contributed by atoms with Gasteiger partial charge in [0.1, 0.15) is 0 Å². The largest absolute Gasteiger partial charge is 0.482 e. The number of unbranched alkanes of at least 4 members (excludes halogenated alkanes) is 1. The maximum absolute atomic E-state index is 8.79. The summed E-state index contributed by atoms with van der Waals surface area (Å²) in [6.45, 7) is 3.06. The molecule has 0 unspecified atom stereocenters. The van der Waals surface area contributed by atoms with E-state index in [2.05, 4.69) is 22.7 Å². The molecule has 0 radical (unpaired) electrons. The van der Waals surface area contributed by atoms with Gasteiger partial charge in [-0.25, -0.2) is 0 Å². The van der Waals surface area contributed by atoms with Crippen LogP contribution in [0.1, 0.15) is 25.3 Å². The Labute approximate surface area is 106 Å². The molecule has 0 saturated carbocycles. The maximum atomic E-state index is 8.79. The minimum Gasteiger partial charge on any atom is -0.482 e. The van der Waals surface area contributed by atoms with Gasteiger partial charge in [-0.05, 0) is 12.5 Å². The third-order valence-electron chi connectivity index (χ3n) is 3.08. The smallest absolute Gasteiger partial charge is 0.203 e. The van der Waals surface area contributed by atoms with E-state index in [1.165, 1.54) is 6.21 Å². The summed E-state index contributed by atoms with van der Waals surface area (Å²) in [5.41, 5.74) is 1.93. The number of oxime groups is 1. The molecule has 18 heavy (non-hydrogen) atoms. The van der Waals surface area contributed by atoms with Crippen LogP contribution in [-0.4, -0.2) is 23.1 Å². The number of hydrogen-bond donors (Lipinski definition) is 1. The summed E-state index contributed by atoms with van der Waals surface area (Å²) >= 11 is 0. The summed E-state index contributed by atoms with van der Waals surface area (Å²) in [4.78, 5) is 0. The van der Waals surface area contributed by atoms with Crippen molar-refractivity contribution in [2.75, 3.05) is 7.11 Å². The van der Waals surface area contributed by atoms with E-state index in [9.17, 15) is 0 Å². The Bertz CT molecular complexity index is 558. The highest BCUT2D eigenvalue weighted by molar-refractivity contribution is 6.02. The Balaban J connectivity index is 2.65. The van der Waals surface area contributed by atoms with E-state index in [-0.39, 0.29) is 0 Å². The van der Waals surface area contributed by atoms with Crippen LogP contribution in [0.15, 0.2) is 29.4 Å². The van der Waals surface area contributed by atoms with Gasteiger partial charge in [0.2, 0.25) is 5.88 Å². The van der Waals surface area contributed by atoms with Crippen LogP contribution >= 0.6 is 0 Å². The van der Waals surface area contributed by atoms with Gasteiger partial charge in [0.25, 0.3) is 0 Å². The molecule has 0 amide bonds. The first kappa shape index (κ1) is 12.5. The van der Waals surface area contributed by atoms with E-state index in [1.54, 1.807) is 7.11 Å². The van der Waals surface area contributed by atoms with Crippen LogP contribution in [0.25, 0.3) is 10.9 Å². The molecule has 4 nitrogen and oxygen atoms in total. The van der Waals surface area contributed by atoms with Gasteiger partial charge < -0.3 is 14.5 Å². The van der Waals surface area contributed by atoms with Crippen molar-refractivity contribution in [2.45, 2.75) is 26.3 Å². The van der Waals surface area contributed by atoms with E-state index >= 15 is 0 Å². The molecule has 0 bridgehead atoms. The first-order valence-electron chi connectivity index (χ1n) is 6.16. The molecule has 2 rings (SSSR count). The minimum absolute atomic E-state index is 0.752. The highest BCUT2D eigenvalue weighted by Gasteiger charge is 2.15.